The van der Waals surface area contributed by atoms with E-state index in [4.69, 9.17) is 23.2 Å². The normalized spacial score (nSPS) is 14.7. The van der Waals surface area contributed by atoms with Gasteiger partial charge in [-0.1, -0.05) is 51.3 Å². The lowest BCUT2D eigenvalue weighted by molar-refractivity contribution is 0.0931. The zero-order valence-corrected chi connectivity index (χ0v) is 18.2. The van der Waals surface area contributed by atoms with Crippen LogP contribution in [0.5, 0.6) is 0 Å². The molecule has 0 bridgehead atoms. The molecule has 1 fully saturated rings. The molecule has 4 nitrogen and oxygen atoms in total. The maximum absolute atomic E-state index is 13.0. The lowest BCUT2D eigenvalue weighted by Gasteiger charge is -2.19. The van der Waals surface area contributed by atoms with Crippen molar-refractivity contribution in [2.24, 2.45) is 5.92 Å². The van der Waals surface area contributed by atoms with Crippen molar-refractivity contribution < 1.29 is 4.79 Å². The first kappa shape index (κ1) is 19.5. The van der Waals surface area contributed by atoms with E-state index in [9.17, 15) is 4.79 Å². The predicted octanol–water partition coefficient (Wildman–Crippen LogP) is 6.13. The van der Waals surface area contributed by atoms with Crippen LogP contribution in [0.1, 0.15) is 40.5 Å². The average Bonchev–Trinajstić information content (AvgIpc) is 3.43. The molecule has 28 heavy (non-hydrogen) atoms. The highest BCUT2D eigenvalue weighted by Crippen LogP contribution is 2.41. The zero-order valence-electron chi connectivity index (χ0n) is 15.1. The summed E-state index contributed by atoms with van der Waals surface area (Å²) in [6, 6.07) is 13.4. The van der Waals surface area contributed by atoms with Crippen LogP contribution < -0.4 is 5.32 Å². The number of carbonyl (C=O) groups excluding carboxylic acids is 1. The van der Waals surface area contributed by atoms with Gasteiger partial charge in [-0.25, -0.2) is 4.68 Å². The second kappa shape index (κ2) is 7.90. The number of hydrogen-bond acceptors (Lipinski definition) is 2. The summed E-state index contributed by atoms with van der Waals surface area (Å²) < 4.78 is 2.70. The topological polar surface area (TPSA) is 46.9 Å². The molecule has 1 aliphatic carbocycles. The molecule has 0 spiro atoms. The first-order chi connectivity index (χ1) is 13.4. The van der Waals surface area contributed by atoms with E-state index < -0.39 is 0 Å². The third kappa shape index (κ3) is 3.97. The molecule has 0 aliphatic heterocycles. The maximum atomic E-state index is 13.0. The van der Waals surface area contributed by atoms with Crippen molar-refractivity contribution in [1.82, 2.24) is 15.1 Å². The number of rotatable bonds is 5. The fourth-order valence-electron chi connectivity index (χ4n) is 3.33. The van der Waals surface area contributed by atoms with Crippen molar-refractivity contribution in [1.29, 1.82) is 0 Å². The van der Waals surface area contributed by atoms with E-state index in [2.05, 4.69) is 38.5 Å². The number of nitrogens with one attached hydrogen (secondary N) is 1. The van der Waals surface area contributed by atoms with Crippen LogP contribution in [0.15, 0.2) is 53.1 Å². The summed E-state index contributed by atoms with van der Waals surface area (Å²) in [4.78, 5) is 13.0. The van der Waals surface area contributed by atoms with Crippen molar-refractivity contribution in [3.8, 4) is 5.69 Å². The fourth-order valence-corrected chi connectivity index (χ4v) is 4.04. The van der Waals surface area contributed by atoms with E-state index >= 15 is 0 Å². The Morgan fingerprint density at radius 2 is 2.00 bits per heavy atom. The van der Waals surface area contributed by atoms with Crippen LogP contribution in [-0.2, 0) is 0 Å². The highest BCUT2D eigenvalue weighted by atomic mass is 79.9. The van der Waals surface area contributed by atoms with Crippen molar-refractivity contribution in [3.05, 3.63) is 80.0 Å². The molecule has 0 unspecified atom stereocenters. The van der Waals surface area contributed by atoms with Gasteiger partial charge in [0, 0.05) is 4.47 Å². The number of amides is 1. The number of aromatic nitrogens is 2. The molecule has 1 atom stereocenters. The monoisotopic (exact) mass is 477 g/mol. The van der Waals surface area contributed by atoms with Crippen LogP contribution in [0.4, 0.5) is 0 Å². The van der Waals surface area contributed by atoms with Crippen LogP contribution >= 0.6 is 39.1 Å². The molecule has 1 saturated carbocycles. The molecule has 3 aromatic rings. The number of halogens is 3. The Morgan fingerprint density at radius 3 is 2.68 bits per heavy atom. The van der Waals surface area contributed by atoms with Crippen molar-refractivity contribution >= 4 is 45.0 Å². The molecular formula is C21H18BrCl2N3O. The van der Waals surface area contributed by atoms with Gasteiger partial charge in [-0.05, 0) is 61.6 Å². The van der Waals surface area contributed by atoms with E-state index in [0.29, 0.717) is 21.5 Å². The van der Waals surface area contributed by atoms with Crippen LogP contribution in [0.2, 0.25) is 10.0 Å². The molecule has 4 rings (SSSR count). The smallest absolute Gasteiger partial charge is 0.255 e. The van der Waals surface area contributed by atoms with Crippen LogP contribution in [0, 0.1) is 12.8 Å². The molecule has 1 heterocycles. The Bertz CT molecular complexity index is 1050. The summed E-state index contributed by atoms with van der Waals surface area (Å²) in [5.74, 6) is 0.351. The average molecular weight is 479 g/mol. The van der Waals surface area contributed by atoms with Crippen molar-refractivity contribution in [2.45, 2.75) is 25.8 Å². The number of benzene rings is 2. The van der Waals surface area contributed by atoms with Gasteiger partial charge in [0.2, 0.25) is 0 Å². The van der Waals surface area contributed by atoms with Gasteiger partial charge in [0.05, 0.1) is 39.2 Å². The van der Waals surface area contributed by atoms with Gasteiger partial charge >= 0.3 is 0 Å². The second-order valence-corrected chi connectivity index (χ2v) is 8.73. The van der Waals surface area contributed by atoms with Crippen LogP contribution in [0.25, 0.3) is 5.69 Å². The molecule has 0 radical (unpaired) electrons. The maximum Gasteiger partial charge on any atom is 0.255 e. The van der Waals surface area contributed by atoms with Crippen LogP contribution in [0.3, 0.4) is 0 Å². The van der Waals surface area contributed by atoms with Gasteiger partial charge in [-0.15, -0.1) is 0 Å². The van der Waals surface area contributed by atoms with Gasteiger partial charge in [-0.2, -0.15) is 5.10 Å². The zero-order chi connectivity index (χ0) is 19.8. The van der Waals surface area contributed by atoms with Crippen LogP contribution in [-0.4, -0.2) is 15.7 Å². The molecule has 1 amide bonds. The molecule has 1 aliphatic rings. The minimum absolute atomic E-state index is 0.00211. The minimum atomic E-state index is -0.124. The Morgan fingerprint density at radius 1 is 1.21 bits per heavy atom. The molecule has 2 aromatic carbocycles. The summed E-state index contributed by atoms with van der Waals surface area (Å²) in [6.07, 6.45) is 3.84. The molecule has 144 valence electrons. The Labute approximate surface area is 182 Å². The lowest BCUT2D eigenvalue weighted by Crippen LogP contribution is -2.30. The molecule has 0 saturated heterocycles. The second-order valence-electron chi connectivity index (χ2n) is 7.00. The molecule has 1 N–H and O–H groups in total. The van der Waals surface area contributed by atoms with Gasteiger partial charge in [-0.3, -0.25) is 4.79 Å². The van der Waals surface area contributed by atoms with E-state index in [1.807, 2.05) is 25.1 Å². The Kier molecular flexibility index (Phi) is 5.50. The number of hydrogen-bond donors (Lipinski definition) is 1. The summed E-state index contributed by atoms with van der Waals surface area (Å²) in [6.45, 7) is 1.87. The van der Waals surface area contributed by atoms with Crippen molar-refractivity contribution in [3.63, 3.8) is 0 Å². The first-order valence-corrected chi connectivity index (χ1v) is 10.6. The number of nitrogens with zero attached hydrogens (tertiary/aromatic N) is 2. The first-order valence-electron chi connectivity index (χ1n) is 9.00. The molecular weight excluding hydrogens is 461 g/mol. The highest BCUT2D eigenvalue weighted by Gasteiger charge is 2.34. The fraction of sp³-hybridized carbons (Fsp3) is 0.238. The highest BCUT2D eigenvalue weighted by molar-refractivity contribution is 9.10. The van der Waals surface area contributed by atoms with E-state index in [1.54, 1.807) is 23.0 Å². The predicted molar refractivity (Wildman–Crippen MR) is 115 cm³/mol. The van der Waals surface area contributed by atoms with Gasteiger partial charge in [0.1, 0.15) is 0 Å². The van der Waals surface area contributed by atoms with Crippen molar-refractivity contribution in [2.75, 3.05) is 0 Å². The SMILES string of the molecule is Cc1c(C(=O)N[C@H](c2cccc(Br)c2)C2CC2)cnn1-c1ccc(Cl)c(Cl)c1. The summed E-state index contributed by atoms with van der Waals surface area (Å²) in [5, 5.41) is 8.51. The molecule has 1 aromatic heterocycles. The quantitative estimate of drug-likeness (QED) is 0.479. The lowest BCUT2D eigenvalue weighted by atomic mass is 10.0. The largest absolute Gasteiger partial charge is 0.345 e. The van der Waals surface area contributed by atoms with Gasteiger partial charge in [0.15, 0.2) is 0 Å². The third-order valence-corrected chi connectivity index (χ3v) is 6.22. The van der Waals surface area contributed by atoms with E-state index in [0.717, 1.165) is 34.3 Å². The summed E-state index contributed by atoms with van der Waals surface area (Å²) in [5.41, 5.74) is 3.17. The third-order valence-electron chi connectivity index (χ3n) is 4.99. The Balaban J connectivity index is 1.59. The summed E-state index contributed by atoms with van der Waals surface area (Å²) >= 11 is 15.6. The van der Waals surface area contributed by atoms with Gasteiger partial charge < -0.3 is 5.32 Å². The van der Waals surface area contributed by atoms with E-state index in [1.165, 1.54) is 0 Å². The van der Waals surface area contributed by atoms with Gasteiger partial charge in [0.25, 0.3) is 5.91 Å². The Hall–Kier alpha value is -1.82. The molecule has 7 heteroatoms. The standard InChI is InChI=1S/C21H18BrCl2N3O/c1-12-17(11-25-27(12)16-7-8-18(23)19(24)10-16)21(28)26-20(13-5-6-13)14-3-2-4-15(22)9-14/h2-4,7-11,13,20H,5-6H2,1H3,(H,26,28)/t20-/m0/s1. The van der Waals surface area contributed by atoms with E-state index in [-0.39, 0.29) is 11.9 Å². The minimum Gasteiger partial charge on any atom is -0.345 e. The summed E-state index contributed by atoms with van der Waals surface area (Å²) in [7, 11) is 0. The number of carbonyl (C=O) groups is 1.